The lowest BCUT2D eigenvalue weighted by Gasteiger charge is -2.34. The lowest BCUT2D eigenvalue weighted by molar-refractivity contribution is -0.122. The van der Waals surface area contributed by atoms with Crippen molar-refractivity contribution < 1.29 is 14.3 Å². The van der Waals surface area contributed by atoms with Crippen LogP contribution in [0, 0.1) is 0 Å². The molecule has 2 aliphatic rings. The largest absolute Gasteiger partial charge is 0.379 e. The molecule has 3 rings (SSSR count). The summed E-state index contributed by atoms with van der Waals surface area (Å²) in [7, 11) is 0. The molecule has 0 aliphatic carbocycles. The van der Waals surface area contributed by atoms with Crippen LogP contribution in [0.1, 0.15) is 12.0 Å². The van der Waals surface area contributed by atoms with Crippen LogP contribution in [-0.4, -0.2) is 67.4 Å². The molecule has 2 fully saturated rings. The standard InChI is InChI=1S/C16H23N3O3/c20-16(4-3-13-2-1-5-17-10-13)18-14-11-22-12-15(14)19-6-8-21-9-7-19/h1-2,5,10,14-15H,3-4,6-9,11-12H2,(H,18,20)/t14-,15-/m1/s1. The second kappa shape index (κ2) is 7.67. The molecule has 6 nitrogen and oxygen atoms in total. The first-order valence-electron chi connectivity index (χ1n) is 7.91. The third-order valence-electron chi connectivity index (χ3n) is 4.28. The van der Waals surface area contributed by atoms with Gasteiger partial charge in [-0.05, 0) is 18.1 Å². The van der Waals surface area contributed by atoms with Crippen molar-refractivity contribution >= 4 is 5.91 Å². The smallest absolute Gasteiger partial charge is 0.220 e. The Morgan fingerprint density at radius 3 is 2.95 bits per heavy atom. The molecule has 120 valence electrons. The molecule has 0 radical (unpaired) electrons. The summed E-state index contributed by atoms with van der Waals surface area (Å²) >= 11 is 0. The second-order valence-corrected chi connectivity index (χ2v) is 5.79. The normalized spacial score (nSPS) is 26.0. The van der Waals surface area contributed by atoms with Crippen LogP contribution in [0.4, 0.5) is 0 Å². The van der Waals surface area contributed by atoms with Crippen LogP contribution >= 0.6 is 0 Å². The monoisotopic (exact) mass is 305 g/mol. The van der Waals surface area contributed by atoms with Crippen molar-refractivity contribution in [2.45, 2.75) is 24.9 Å². The number of pyridine rings is 1. The van der Waals surface area contributed by atoms with Gasteiger partial charge < -0.3 is 14.8 Å². The predicted octanol–water partition coefficient (Wildman–Crippen LogP) is 0.230. The van der Waals surface area contributed by atoms with Gasteiger partial charge in [-0.2, -0.15) is 0 Å². The van der Waals surface area contributed by atoms with Crippen molar-refractivity contribution in [1.82, 2.24) is 15.2 Å². The molecule has 0 spiro atoms. The molecule has 1 aromatic rings. The highest BCUT2D eigenvalue weighted by molar-refractivity contribution is 5.76. The van der Waals surface area contributed by atoms with E-state index in [0.717, 1.165) is 38.3 Å². The van der Waals surface area contributed by atoms with E-state index >= 15 is 0 Å². The minimum Gasteiger partial charge on any atom is -0.379 e. The molecule has 2 atom stereocenters. The number of carbonyl (C=O) groups excluding carboxylic acids is 1. The number of rotatable bonds is 5. The minimum absolute atomic E-state index is 0.0811. The third-order valence-corrected chi connectivity index (χ3v) is 4.28. The van der Waals surface area contributed by atoms with Gasteiger partial charge in [0.2, 0.25) is 5.91 Å². The number of aryl methyl sites for hydroxylation is 1. The van der Waals surface area contributed by atoms with Gasteiger partial charge in [-0.3, -0.25) is 14.7 Å². The maximum atomic E-state index is 12.2. The summed E-state index contributed by atoms with van der Waals surface area (Å²) in [5.74, 6) is 0.0811. The summed E-state index contributed by atoms with van der Waals surface area (Å²) in [5.41, 5.74) is 1.09. The average molecular weight is 305 g/mol. The highest BCUT2D eigenvalue weighted by Gasteiger charge is 2.34. The van der Waals surface area contributed by atoms with E-state index in [0.29, 0.717) is 19.6 Å². The van der Waals surface area contributed by atoms with Crippen LogP contribution in [0.2, 0.25) is 0 Å². The summed E-state index contributed by atoms with van der Waals surface area (Å²) in [5, 5.41) is 3.13. The van der Waals surface area contributed by atoms with Crippen molar-refractivity contribution in [3.8, 4) is 0 Å². The summed E-state index contributed by atoms with van der Waals surface area (Å²) < 4.78 is 11.0. The van der Waals surface area contributed by atoms with Gasteiger partial charge >= 0.3 is 0 Å². The minimum atomic E-state index is 0.0811. The Morgan fingerprint density at radius 2 is 2.18 bits per heavy atom. The number of aromatic nitrogens is 1. The summed E-state index contributed by atoms with van der Waals surface area (Å²) in [6.45, 7) is 4.64. The molecule has 22 heavy (non-hydrogen) atoms. The van der Waals surface area contributed by atoms with Gasteiger partial charge in [0.05, 0.1) is 38.5 Å². The first-order valence-corrected chi connectivity index (χ1v) is 7.91. The molecule has 1 amide bonds. The van der Waals surface area contributed by atoms with Crippen molar-refractivity contribution in [2.75, 3.05) is 39.5 Å². The van der Waals surface area contributed by atoms with Gasteiger partial charge in [-0.1, -0.05) is 6.07 Å². The van der Waals surface area contributed by atoms with Gasteiger partial charge in [0.1, 0.15) is 0 Å². The van der Waals surface area contributed by atoms with Gasteiger partial charge in [0, 0.05) is 31.9 Å². The van der Waals surface area contributed by atoms with Crippen molar-refractivity contribution in [3.05, 3.63) is 30.1 Å². The molecule has 3 heterocycles. The maximum Gasteiger partial charge on any atom is 0.220 e. The number of amides is 1. The van der Waals surface area contributed by atoms with E-state index in [9.17, 15) is 4.79 Å². The average Bonchev–Trinajstić information content (AvgIpc) is 3.03. The van der Waals surface area contributed by atoms with E-state index < -0.39 is 0 Å². The van der Waals surface area contributed by atoms with Crippen molar-refractivity contribution in [2.24, 2.45) is 0 Å². The molecule has 2 saturated heterocycles. The fourth-order valence-electron chi connectivity index (χ4n) is 3.03. The molecule has 0 bridgehead atoms. The fraction of sp³-hybridized carbons (Fsp3) is 0.625. The third kappa shape index (κ3) is 4.03. The van der Waals surface area contributed by atoms with Gasteiger partial charge in [0.15, 0.2) is 0 Å². The molecular weight excluding hydrogens is 282 g/mol. The van der Waals surface area contributed by atoms with Crippen LogP contribution in [0.15, 0.2) is 24.5 Å². The van der Waals surface area contributed by atoms with Gasteiger partial charge in [0.25, 0.3) is 0 Å². The van der Waals surface area contributed by atoms with Crippen LogP contribution in [-0.2, 0) is 20.7 Å². The molecule has 1 N–H and O–H groups in total. The second-order valence-electron chi connectivity index (χ2n) is 5.79. The Hall–Kier alpha value is -1.50. The first-order chi connectivity index (χ1) is 10.8. The number of hydrogen-bond donors (Lipinski definition) is 1. The van der Waals surface area contributed by atoms with E-state index in [-0.39, 0.29) is 18.0 Å². The lowest BCUT2D eigenvalue weighted by atomic mass is 10.1. The lowest BCUT2D eigenvalue weighted by Crippen LogP contribution is -2.54. The predicted molar refractivity (Wildman–Crippen MR) is 81.5 cm³/mol. The first kappa shape index (κ1) is 15.4. The topological polar surface area (TPSA) is 63.7 Å². The summed E-state index contributed by atoms with van der Waals surface area (Å²) in [4.78, 5) is 18.6. The van der Waals surface area contributed by atoms with Crippen LogP contribution < -0.4 is 5.32 Å². The Bertz CT molecular complexity index is 477. The molecule has 1 aromatic heterocycles. The number of hydrogen-bond acceptors (Lipinski definition) is 5. The van der Waals surface area contributed by atoms with Gasteiger partial charge in [-0.25, -0.2) is 0 Å². The molecule has 0 saturated carbocycles. The zero-order valence-electron chi connectivity index (χ0n) is 12.7. The highest BCUT2D eigenvalue weighted by atomic mass is 16.5. The van der Waals surface area contributed by atoms with Crippen LogP contribution in [0.25, 0.3) is 0 Å². The molecule has 6 heteroatoms. The summed E-state index contributed by atoms with van der Waals surface area (Å²) in [6.07, 6.45) is 4.75. The summed E-state index contributed by atoms with van der Waals surface area (Å²) in [6, 6.07) is 4.24. The quantitative estimate of drug-likeness (QED) is 0.844. The number of ether oxygens (including phenoxy) is 2. The SMILES string of the molecule is O=C(CCc1cccnc1)N[C@@H]1COC[C@H]1N1CCOCC1. The zero-order valence-corrected chi connectivity index (χ0v) is 12.7. The molecular formula is C16H23N3O3. The van der Waals surface area contributed by atoms with Crippen LogP contribution in [0.5, 0.6) is 0 Å². The van der Waals surface area contributed by atoms with E-state index in [4.69, 9.17) is 9.47 Å². The Labute approximate surface area is 130 Å². The van der Waals surface area contributed by atoms with Crippen LogP contribution in [0.3, 0.4) is 0 Å². The highest BCUT2D eigenvalue weighted by Crippen LogP contribution is 2.15. The number of carbonyl (C=O) groups is 1. The van der Waals surface area contributed by atoms with E-state index in [1.54, 1.807) is 6.20 Å². The fourth-order valence-corrected chi connectivity index (χ4v) is 3.03. The Kier molecular flexibility index (Phi) is 5.37. The molecule has 0 unspecified atom stereocenters. The number of morpholine rings is 1. The van der Waals surface area contributed by atoms with Crippen molar-refractivity contribution in [1.29, 1.82) is 0 Å². The number of nitrogens with zero attached hydrogens (tertiary/aromatic N) is 2. The van der Waals surface area contributed by atoms with E-state index in [2.05, 4.69) is 15.2 Å². The Balaban J connectivity index is 1.47. The zero-order chi connectivity index (χ0) is 15.2. The Morgan fingerprint density at radius 1 is 1.32 bits per heavy atom. The maximum absolute atomic E-state index is 12.2. The number of nitrogens with one attached hydrogen (secondary N) is 1. The van der Waals surface area contributed by atoms with E-state index in [1.807, 2.05) is 18.3 Å². The van der Waals surface area contributed by atoms with Crippen molar-refractivity contribution in [3.63, 3.8) is 0 Å². The van der Waals surface area contributed by atoms with Gasteiger partial charge in [-0.15, -0.1) is 0 Å². The van der Waals surface area contributed by atoms with E-state index in [1.165, 1.54) is 0 Å². The molecule has 2 aliphatic heterocycles. The molecule has 0 aromatic carbocycles.